The molecule has 4 heteroatoms. The molecule has 0 heterocycles. The number of aryl methyl sites for hydroxylation is 1. The molecule has 0 aliphatic heterocycles. The SMILES string of the molecule is Cc1ccc(CN(C)Cc2ccccc2B(O)O)cc1. The van der Waals surface area contributed by atoms with Crippen LogP contribution in [0.2, 0.25) is 0 Å². The van der Waals surface area contributed by atoms with Crippen molar-refractivity contribution >= 4 is 12.6 Å². The molecule has 0 fully saturated rings. The fourth-order valence-corrected chi connectivity index (χ4v) is 2.28. The van der Waals surface area contributed by atoms with Gasteiger partial charge in [0.2, 0.25) is 0 Å². The number of rotatable bonds is 5. The third-order valence-electron chi connectivity index (χ3n) is 3.35. The molecule has 0 aromatic heterocycles. The van der Waals surface area contributed by atoms with Crippen molar-refractivity contribution in [3.8, 4) is 0 Å². The molecule has 0 unspecified atom stereocenters. The Balaban J connectivity index is 2.04. The van der Waals surface area contributed by atoms with E-state index < -0.39 is 7.12 Å². The Morgan fingerprint density at radius 3 is 2.25 bits per heavy atom. The molecular formula is C16H20BNO2. The number of nitrogens with zero attached hydrogens (tertiary/aromatic N) is 1. The zero-order valence-electron chi connectivity index (χ0n) is 12.0. The van der Waals surface area contributed by atoms with Gasteiger partial charge in [0.1, 0.15) is 0 Å². The largest absolute Gasteiger partial charge is 0.488 e. The summed E-state index contributed by atoms with van der Waals surface area (Å²) in [5, 5.41) is 18.7. The summed E-state index contributed by atoms with van der Waals surface area (Å²) in [5.74, 6) is 0. The van der Waals surface area contributed by atoms with E-state index >= 15 is 0 Å². The van der Waals surface area contributed by atoms with Crippen molar-refractivity contribution in [2.45, 2.75) is 20.0 Å². The van der Waals surface area contributed by atoms with Gasteiger partial charge < -0.3 is 10.0 Å². The van der Waals surface area contributed by atoms with Gasteiger partial charge in [-0.1, -0.05) is 54.1 Å². The smallest absolute Gasteiger partial charge is 0.423 e. The van der Waals surface area contributed by atoms with Crippen LogP contribution in [0.15, 0.2) is 48.5 Å². The van der Waals surface area contributed by atoms with Crippen molar-refractivity contribution in [2.24, 2.45) is 0 Å². The van der Waals surface area contributed by atoms with Gasteiger partial charge in [0.15, 0.2) is 0 Å². The maximum atomic E-state index is 9.37. The molecule has 2 N–H and O–H groups in total. The fourth-order valence-electron chi connectivity index (χ4n) is 2.28. The van der Waals surface area contributed by atoms with E-state index in [2.05, 4.69) is 36.1 Å². The maximum Gasteiger partial charge on any atom is 0.488 e. The van der Waals surface area contributed by atoms with Crippen LogP contribution in [-0.4, -0.2) is 29.1 Å². The Morgan fingerprint density at radius 1 is 0.950 bits per heavy atom. The summed E-state index contributed by atoms with van der Waals surface area (Å²) >= 11 is 0. The van der Waals surface area contributed by atoms with Crippen LogP contribution in [-0.2, 0) is 13.1 Å². The quantitative estimate of drug-likeness (QED) is 0.804. The molecule has 0 aliphatic rings. The fraction of sp³-hybridized carbons (Fsp3) is 0.250. The predicted octanol–water partition coefficient (Wildman–Crippen LogP) is 1.31. The molecule has 0 spiro atoms. The average molecular weight is 269 g/mol. The summed E-state index contributed by atoms with van der Waals surface area (Å²) in [5.41, 5.74) is 4.02. The second-order valence-electron chi connectivity index (χ2n) is 5.23. The molecule has 0 amide bonds. The minimum absolute atomic E-state index is 0.572. The van der Waals surface area contributed by atoms with Gasteiger partial charge in [-0.25, -0.2) is 0 Å². The minimum atomic E-state index is -1.42. The van der Waals surface area contributed by atoms with E-state index in [9.17, 15) is 10.0 Å². The number of hydrogen-bond donors (Lipinski definition) is 2. The van der Waals surface area contributed by atoms with E-state index in [0.29, 0.717) is 12.0 Å². The van der Waals surface area contributed by atoms with Gasteiger partial charge in [-0.3, -0.25) is 4.90 Å². The molecule has 0 bridgehead atoms. The summed E-state index contributed by atoms with van der Waals surface area (Å²) < 4.78 is 0. The molecule has 3 nitrogen and oxygen atoms in total. The molecule has 0 saturated carbocycles. The highest BCUT2D eigenvalue weighted by atomic mass is 16.4. The standard InChI is InChI=1S/C16H20BNO2/c1-13-7-9-14(10-8-13)11-18(2)12-15-5-3-4-6-16(15)17(19)20/h3-10,19-20H,11-12H2,1-2H3. The first-order valence-corrected chi connectivity index (χ1v) is 6.74. The highest BCUT2D eigenvalue weighted by Gasteiger charge is 2.15. The van der Waals surface area contributed by atoms with Crippen LogP contribution >= 0.6 is 0 Å². The second kappa shape index (κ2) is 6.70. The zero-order chi connectivity index (χ0) is 14.5. The van der Waals surface area contributed by atoms with E-state index in [0.717, 1.165) is 12.1 Å². The first kappa shape index (κ1) is 14.8. The molecular weight excluding hydrogens is 249 g/mol. The normalized spacial score (nSPS) is 10.8. The highest BCUT2D eigenvalue weighted by molar-refractivity contribution is 6.59. The van der Waals surface area contributed by atoms with Gasteiger partial charge in [-0.05, 0) is 30.6 Å². The van der Waals surface area contributed by atoms with Crippen LogP contribution in [0.1, 0.15) is 16.7 Å². The second-order valence-corrected chi connectivity index (χ2v) is 5.23. The first-order valence-electron chi connectivity index (χ1n) is 6.74. The summed E-state index contributed by atoms with van der Waals surface area (Å²) in [6, 6.07) is 15.9. The van der Waals surface area contributed by atoms with Gasteiger partial charge in [0.25, 0.3) is 0 Å². The third-order valence-corrected chi connectivity index (χ3v) is 3.35. The van der Waals surface area contributed by atoms with Crippen molar-refractivity contribution in [3.63, 3.8) is 0 Å². The van der Waals surface area contributed by atoms with E-state index in [1.54, 1.807) is 6.07 Å². The lowest BCUT2D eigenvalue weighted by atomic mass is 9.77. The van der Waals surface area contributed by atoms with Crippen LogP contribution in [0.5, 0.6) is 0 Å². The van der Waals surface area contributed by atoms with Gasteiger partial charge in [-0.15, -0.1) is 0 Å². The minimum Gasteiger partial charge on any atom is -0.423 e. The number of hydrogen-bond acceptors (Lipinski definition) is 3. The van der Waals surface area contributed by atoms with Crippen molar-refractivity contribution < 1.29 is 10.0 Å². The molecule has 20 heavy (non-hydrogen) atoms. The van der Waals surface area contributed by atoms with E-state index in [4.69, 9.17) is 0 Å². The Kier molecular flexibility index (Phi) is 4.96. The lowest BCUT2D eigenvalue weighted by Gasteiger charge is -2.19. The average Bonchev–Trinajstić information content (AvgIpc) is 2.41. The van der Waals surface area contributed by atoms with E-state index in [-0.39, 0.29) is 0 Å². The van der Waals surface area contributed by atoms with Crippen LogP contribution < -0.4 is 5.46 Å². The Bertz CT molecular complexity index is 555. The topological polar surface area (TPSA) is 43.7 Å². The summed E-state index contributed by atoms with van der Waals surface area (Å²) in [6.07, 6.45) is 0. The van der Waals surface area contributed by atoms with Crippen LogP contribution in [0.3, 0.4) is 0 Å². The van der Waals surface area contributed by atoms with Gasteiger partial charge in [-0.2, -0.15) is 0 Å². The molecule has 2 aromatic carbocycles. The molecule has 0 atom stereocenters. The summed E-state index contributed by atoms with van der Waals surface area (Å²) in [4.78, 5) is 2.16. The monoisotopic (exact) mass is 269 g/mol. The Morgan fingerprint density at radius 2 is 1.60 bits per heavy atom. The molecule has 2 rings (SSSR count). The maximum absolute atomic E-state index is 9.37. The zero-order valence-corrected chi connectivity index (χ0v) is 12.0. The highest BCUT2D eigenvalue weighted by Crippen LogP contribution is 2.08. The van der Waals surface area contributed by atoms with Crippen molar-refractivity contribution in [1.82, 2.24) is 4.90 Å². The van der Waals surface area contributed by atoms with Crippen LogP contribution in [0.4, 0.5) is 0 Å². The Hall–Kier alpha value is -1.62. The molecule has 0 aliphatic carbocycles. The molecule has 2 aromatic rings. The molecule has 0 saturated heterocycles. The third kappa shape index (κ3) is 3.94. The molecule has 0 radical (unpaired) electrons. The van der Waals surface area contributed by atoms with E-state index in [1.807, 2.05) is 25.2 Å². The van der Waals surface area contributed by atoms with Crippen LogP contribution in [0.25, 0.3) is 0 Å². The van der Waals surface area contributed by atoms with Gasteiger partial charge >= 0.3 is 7.12 Å². The van der Waals surface area contributed by atoms with Gasteiger partial charge in [0.05, 0.1) is 0 Å². The van der Waals surface area contributed by atoms with Gasteiger partial charge in [0, 0.05) is 13.1 Å². The molecule has 104 valence electrons. The summed E-state index contributed by atoms with van der Waals surface area (Å²) in [7, 11) is 0.611. The number of benzene rings is 2. The lowest BCUT2D eigenvalue weighted by Crippen LogP contribution is -2.34. The van der Waals surface area contributed by atoms with Crippen molar-refractivity contribution in [3.05, 3.63) is 65.2 Å². The predicted molar refractivity (Wildman–Crippen MR) is 82.6 cm³/mol. The lowest BCUT2D eigenvalue weighted by molar-refractivity contribution is 0.319. The Labute approximate surface area is 120 Å². The first-order chi connectivity index (χ1) is 9.56. The van der Waals surface area contributed by atoms with Crippen molar-refractivity contribution in [2.75, 3.05) is 7.05 Å². The van der Waals surface area contributed by atoms with E-state index in [1.165, 1.54) is 11.1 Å². The van der Waals surface area contributed by atoms with Crippen molar-refractivity contribution in [1.29, 1.82) is 0 Å². The van der Waals surface area contributed by atoms with Crippen LogP contribution in [0, 0.1) is 6.92 Å². The summed E-state index contributed by atoms with van der Waals surface area (Å²) in [6.45, 7) is 3.59.